The third-order valence-corrected chi connectivity index (χ3v) is 1.52. The van der Waals surface area contributed by atoms with Crippen LogP contribution in [0.4, 0.5) is 5.69 Å². The van der Waals surface area contributed by atoms with Crippen molar-refractivity contribution in [2.45, 2.75) is 0 Å². The number of rotatable bonds is 3. The van der Waals surface area contributed by atoms with Crippen molar-refractivity contribution in [3.05, 3.63) is 46.0 Å². The molecule has 0 aliphatic rings. The zero-order chi connectivity index (χ0) is 10.6. The van der Waals surface area contributed by atoms with E-state index in [1.165, 1.54) is 18.2 Å². The molecule has 1 amide bonds. The molecule has 1 rings (SSSR count). The van der Waals surface area contributed by atoms with Crippen molar-refractivity contribution in [2.24, 2.45) is 5.73 Å². The molecule has 0 unspecified atom stereocenters. The molecule has 0 heterocycles. The maximum Gasteiger partial charge on any atom is 0.270 e. The smallest absolute Gasteiger partial charge is 0.270 e. The van der Waals surface area contributed by atoms with Gasteiger partial charge < -0.3 is 5.73 Å². The zero-order valence-corrected chi connectivity index (χ0v) is 7.21. The summed E-state index contributed by atoms with van der Waals surface area (Å²) in [5.74, 6) is -0.587. The van der Waals surface area contributed by atoms with Gasteiger partial charge in [0.1, 0.15) is 0 Å². The summed E-state index contributed by atoms with van der Waals surface area (Å²) in [5.41, 5.74) is 5.43. The monoisotopic (exact) mass is 192 g/mol. The molecule has 5 nitrogen and oxygen atoms in total. The first-order chi connectivity index (χ1) is 6.59. The van der Waals surface area contributed by atoms with Crippen LogP contribution in [-0.4, -0.2) is 10.8 Å². The van der Waals surface area contributed by atoms with Crippen molar-refractivity contribution < 1.29 is 9.72 Å². The molecule has 0 aliphatic heterocycles. The maximum absolute atomic E-state index is 10.4. The molecule has 0 saturated heterocycles. The summed E-state index contributed by atoms with van der Waals surface area (Å²) >= 11 is 0. The topological polar surface area (TPSA) is 86.2 Å². The third kappa shape index (κ3) is 2.71. The molecule has 2 N–H and O–H groups in total. The van der Waals surface area contributed by atoms with Crippen LogP contribution in [0.2, 0.25) is 0 Å². The van der Waals surface area contributed by atoms with Gasteiger partial charge in [-0.1, -0.05) is 12.1 Å². The van der Waals surface area contributed by atoms with Crippen molar-refractivity contribution in [3.63, 3.8) is 0 Å². The molecule has 0 atom stereocenters. The van der Waals surface area contributed by atoms with Gasteiger partial charge in [-0.05, 0) is 11.6 Å². The fourth-order valence-corrected chi connectivity index (χ4v) is 0.920. The lowest BCUT2D eigenvalue weighted by Gasteiger charge is -1.93. The minimum atomic E-state index is -0.587. The summed E-state index contributed by atoms with van der Waals surface area (Å²) in [5, 5.41) is 10.4. The van der Waals surface area contributed by atoms with E-state index in [1.807, 2.05) is 0 Å². The zero-order valence-electron chi connectivity index (χ0n) is 7.21. The van der Waals surface area contributed by atoms with Gasteiger partial charge in [-0.15, -0.1) is 0 Å². The molecule has 72 valence electrons. The Morgan fingerprint density at radius 1 is 1.50 bits per heavy atom. The Balaban J connectivity index is 2.94. The van der Waals surface area contributed by atoms with Crippen molar-refractivity contribution in [2.75, 3.05) is 0 Å². The van der Waals surface area contributed by atoms with Crippen molar-refractivity contribution in [3.8, 4) is 0 Å². The number of nitro groups is 1. The molecule has 0 fully saturated rings. The predicted molar refractivity (Wildman–Crippen MR) is 51.3 cm³/mol. The van der Waals surface area contributed by atoms with E-state index < -0.39 is 10.8 Å². The van der Waals surface area contributed by atoms with Crippen LogP contribution in [0.1, 0.15) is 5.56 Å². The molecular weight excluding hydrogens is 184 g/mol. The molecule has 5 heteroatoms. The van der Waals surface area contributed by atoms with E-state index in [1.54, 1.807) is 12.1 Å². The van der Waals surface area contributed by atoms with E-state index in [9.17, 15) is 14.9 Å². The van der Waals surface area contributed by atoms with Gasteiger partial charge in [-0.2, -0.15) is 0 Å². The minimum absolute atomic E-state index is 0.0170. The molecule has 1 aromatic rings. The molecule has 0 spiro atoms. The first-order valence-electron chi connectivity index (χ1n) is 3.81. The lowest BCUT2D eigenvalue weighted by atomic mass is 10.2. The number of nitrogens with two attached hydrogens (primary N) is 1. The van der Waals surface area contributed by atoms with E-state index in [-0.39, 0.29) is 5.69 Å². The highest BCUT2D eigenvalue weighted by Crippen LogP contribution is 2.13. The summed E-state index contributed by atoms with van der Waals surface area (Å²) in [6.07, 6.45) is 2.58. The van der Waals surface area contributed by atoms with Crippen molar-refractivity contribution >= 4 is 17.7 Å². The average molecular weight is 192 g/mol. The fraction of sp³-hybridized carbons (Fsp3) is 0. The fourth-order valence-electron chi connectivity index (χ4n) is 0.920. The highest BCUT2D eigenvalue weighted by molar-refractivity contribution is 5.90. The standard InChI is InChI=1S/C9H8N2O3/c10-9(12)5-4-7-2-1-3-8(6-7)11(13)14/h1-6H,(H2,10,12)/b5-4+. The van der Waals surface area contributed by atoms with Gasteiger partial charge in [0.05, 0.1) is 4.92 Å². The van der Waals surface area contributed by atoms with Gasteiger partial charge in [0.15, 0.2) is 0 Å². The van der Waals surface area contributed by atoms with E-state index in [4.69, 9.17) is 5.73 Å². The number of hydrogen-bond acceptors (Lipinski definition) is 3. The number of carbonyl (C=O) groups excluding carboxylic acids is 1. The van der Waals surface area contributed by atoms with Gasteiger partial charge in [0, 0.05) is 18.2 Å². The van der Waals surface area contributed by atoms with Gasteiger partial charge in [0.25, 0.3) is 5.69 Å². The summed E-state index contributed by atoms with van der Waals surface area (Å²) in [6, 6.07) is 5.92. The quantitative estimate of drug-likeness (QED) is 0.441. The van der Waals surface area contributed by atoms with Gasteiger partial charge >= 0.3 is 0 Å². The van der Waals surface area contributed by atoms with Crippen LogP contribution in [0.25, 0.3) is 6.08 Å². The van der Waals surface area contributed by atoms with E-state index >= 15 is 0 Å². The Kier molecular flexibility index (Phi) is 2.96. The summed E-state index contributed by atoms with van der Waals surface area (Å²) in [7, 11) is 0. The van der Waals surface area contributed by atoms with Gasteiger partial charge in [-0.3, -0.25) is 14.9 Å². The predicted octanol–water partition coefficient (Wildman–Crippen LogP) is 1.09. The molecule has 14 heavy (non-hydrogen) atoms. The van der Waals surface area contributed by atoms with E-state index in [0.717, 1.165) is 6.08 Å². The van der Waals surface area contributed by atoms with Crippen LogP contribution in [0.5, 0.6) is 0 Å². The molecule has 1 aromatic carbocycles. The SMILES string of the molecule is NC(=O)/C=C/c1cccc([N+](=O)[O-])c1. The molecule has 0 saturated carbocycles. The second kappa shape index (κ2) is 4.18. The second-order valence-electron chi connectivity index (χ2n) is 2.59. The van der Waals surface area contributed by atoms with E-state index in [2.05, 4.69) is 0 Å². The number of nitrogens with zero attached hydrogens (tertiary/aromatic N) is 1. The molecule has 0 aromatic heterocycles. The van der Waals surface area contributed by atoms with Crippen molar-refractivity contribution in [1.82, 2.24) is 0 Å². The number of benzene rings is 1. The lowest BCUT2D eigenvalue weighted by molar-refractivity contribution is -0.384. The Hall–Kier alpha value is -2.17. The first-order valence-corrected chi connectivity index (χ1v) is 3.81. The van der Waals surface area contributed by atoms with Gasteiger partial charge in [-0.25, -0.2) is 0 Å². The third-order valence-electron chi connectivity index (χ3n) is 1.52. The maximum atomic E-state index is 10.4. The van der Waals surface area contributed by atoms with Crippen LogP contribution in [0.3, 0.4) is 0 Å². The molecular formula is C9H8N2O3. The Labute approximate surface area is 80.0 Å². The first kappa shape index (κ1) is 9.91. The second-order valence-corrected chi connectivity index (χ2v) is 2.59. The van der Waals surface area contributed by atoms with E-state index in [0.29, 0.717) is 5.56 Å². The summed E-state index contributed by atoms with van der Waals surface area (Å²) in [4.78, 5) is 20.3. The summed E-state index contributed by atoms with van der Waals surface area (Å²) in [6.45, 7) is 0. The van der Waals surface area contributed by atoms with Crippen LogP contribution in [-0.2, 0) is 4.79 Å². The largest absolute Gasteiger partial charge is 0.366 e. The van der Waals surface area contributed by atoms with Gasteiger partial charge in [0.2, 0.25) is 5.91 Å². The Morgan fingerprint density at radius 3 is 2.79 bits per heavy atom. The number of primary amides is 1. The number of nitro benzene ring substituents is 1. The highest BCUT2D eigenvalue weighted by atomic mass is 16.6. The normalized spacial score (nSPS) is 10.3. The molecule has 0 aliphatic carbocycles. The number of non-ortho nitro benzene ring substituents is 1. The highest BCUT2D eigenvalue weighted by Gasteiger charge is 2.03. The molecule has 0 bridgehead atoms. The number of hydrogen-bond donors (Lipinski definition) is 1. The van der Waals surface area contributed by atoms with Crippen LogP contribution in [0, 0.1) is 10.1 Å². The van der Waals surface area contributed by atoms with Crippen molar-refractivity contribution in [1.29, 1.82) is 0 Å². The summed E-state index contributed by atoms with van der Waals surface area (Å²) < 4.78 is 0. The Morgan fingerprint density at radius 2 is 2.21 bits per heavy atom. The molecule has 0 radical (unpaired) electrons. The Bertz CT molecular complexity index is 399. The number of amides is 1. The van der Waals surface area contributed by atoms with Crippen LogP contribution >= 0.6 is 0 Å². The lowest BCUT2D eigenvalue weighted by Crippen LogP contribution is -2.05. The average Bonchev–Trinajstić information content (AvgIpc) is 2.15. The van der Waals surface area contributed by atoms with Crippen LogP contribution in [0.15, 0.2) is 30.3 Å². The van der Waals surface area contributed by atoms with Crippen LogP contribution < -0.4 is 5.73 Å². The minimum Gasteiger partial charge on any atom is -0.366 e. The number of carbonyl (C=O) groups is 1.